The summed E-state index contributed by atoms with van der Waals surface area (Å²) in [6.45, 7) is 1.45. The van der Waals surface area contributed by atoms with Gasteiger partial charge in [0.15, 0.2) is 0 Å². The zero-order valence-electron chi connectivity index (χ0n) is 17.4. The number of sulfonamides is 1. The molecule has 1 aromatic heterocycles. The molecule has 1 aliphatic carbocycles. The maximum Gasteiger partial charge on any atom is 0.238 e. The van der Waals surface area contributed by atoms with Crippen molar-refractivity contribution in [2.75, 3.05) is 6.26 Å². The van der Waals surface area contributed by atoms with Gasteiger partial charge in [-0.05, 0) is 67.1 Å². The number of benzene rings is 2. The Morgan fingerprint density at radius 2 is 1.75 bits per heavy atom. The maximum absolute atomic E-state index is 14.4. The summed E-state index contributed by atoms with van der Waals surface area (Å²) in [7, 11) is -3.52. The molecule has 6 nitrogen and oxygen atoms in total. The van der Waals surface area contributed by atoms with E-state index in [4.69, 9.17) is 0 Å². The number of hydrogen-bond acceptors (Lipinski definition) is 3. The second kappa shape index (κ2) is 8.25. The molecular formula is C22H22F3N3O3S. The Balaban J connectivity index is 1.60. The average Bonchev–Trinajstić information content (AvgIpc) is 3.02. The third kappa shape index (κ3) is 4.51. The summed E-state index contributed by atoms with van der Waals surface area (Å²) >= 11 is 0. The van der Waals surface area contributed by atoms with Crippen molar-refractivity contribution in [3.63, 3.8) is 0 Å². The highest BCUT2D eigenvalue weighted by Crippen LogP contribution is 2.45. The largest absolute Gasteiger partial charge is 0.352 e. The number of halogens is 3. The summed E-state index contributed by atoms with van der Waals surface area (Å²) in [4.78, 5) is 15.3. The number of nitrogens with one attached hydrogen (secondary N) is 3. The number of H-pyrrole nitrogens is 1. The Morgan fingerprint density at radius 3 is 2.38 bits per heavy atom. The van der Waals surface area contributed by atoms with E-state index in [0.29, 0.717) is 35.0 Å². The van der Waals surface area contributed by atoms with Crippen LogP contribution in [0, 0.1) is 17.5 Å². The molecule has 1 unspecified atom stereocenters. The van der Waals surface area contributed by atoms with Crippen LogP contribution in [0.3, 0.4) is 0 Å². The summed E-state index contributed by atoms with van der Waals surface area (Å²) in [5.74, 6) is -2.39. The molecule has 1 amide bonds. The molecule has 3 N–H and O–H groups in total. The van der Waals surface area contributed by atoms with Crippen molar-refractivity contribution in [1.82, 2.24) is 15.0 Å². The fourth-order valence-corrected chi connectivity index (χ4v) is 4.93. The lowest BCUT2D eigenvalue weighted by atomic mass is 9.74. The van der Waals surface area contributed by atoms with Crippen molar-refractivity contribution in [2.45, 2.75) is 37.8 Å². The van der Waals surface area contributed by atoms with Crippen molar-refractivity contribution in [2.24, 2.45) is 0 Å². The van der Waals surface area contributed by atoms with E-state index in [1.54, 1.807) is 12.1 Å². The van der Waals surface area contributed by atoms with Gasteiger partial charge in [0.05, 0.1) is 23.5 Å². The van der Waals surface area contributed by atoms with E-state index >= 15 is 0 Å². The van der Waals surface area contributed by atoms with E-state index in [1.807, 2.05) is 0 Å². The molecule has 0 saturated heterocycles. The molecule has 1 saturated carbocycles. The number of rotatable bonds is 6. The fraction of sp³-hybridized carbons (Fsp3) is 0.318. The van der Waals surface area contributed by atoms with Crippen LogP contribution in [0.25, 0.3) is 22.2 Å². The molecule has 1 atom stereocenters. The summed E-state index contributed by atoms with van der Waals surface area (Å²) in [6.07, 6.45) is 2.00. The molecule has 170 valence electrons. The van der Waals surface area contributed by atoms with Crippen LogP contribution in [0.15, 0.2) is 36.4 Å². The van der Waals surface area contributed by atoms with E-state index in [1.165, 1.54) is 25.1 Å². The molecule has 4 rings (SSSR count). The molecule has 0 aliphatic heterocycles. The molecule has 1 heterocycles. The number of fused-ring (bicyclic) bond motifs is 1. The number of carbonyl (C=O) groups excluding carboxylic acids is 1. The average molecular weight is 465 g/mol. The minimum absolute atomic E-state index is 0.103. The van der Waals surface area contributed by atoms with Crippen LogP contribution in [0.1, 0.15) is 31.2 Å². The lowest BCUT2D eigenvalue weighted by molar-refractivity contribution is -0.123. The molecule has 0 radical (unpaired) electrons. The van der Waals surface area contributed by atoms with Crippen LogP contribution < -0.4 is 10.0 Å². The van der Waals surface area contributed by atoms with Crippen LogP contribution in [-0.4, -0.2) is 37.6 Å². The Morgan fingerprint density at radius 1 is 1.09 bits per heavy atom. The van der Waals surface area contributed by atoms with Crippen LogP contribution in [-0.2, 0) is 14.8 Å². The molecule has 2 aromatic carbocycles. The van der Waals surface area contributed by atoms with Crippen LogP contribution in [0.4, 0.5) is 13.2 Å². The number of aromatic nitrogens is 1. The van der Waals surface area contributed by atoms with Crippen molar-refractivity contribution < 1.29 is 26.4 Å². The third-order valence-corrected chi connectivity index (χ3v) is 6.46. The van der Waals surface area contributed by atoms with Gasteiger partial charge in [-0.2, -0.15) is 0 Å². The van der Waals surface area contributed by atoms with E-state index < -0.39 is 39.4 Å². The first-order chi connectivity index (χ1) is 15.0. The van der Waals surface area contributed by atoms with E-state index in [-0.39, 0.29) is 17.5 Å². The Bertz CT molecular complexity index is 1280. The lowest BCUT2D eigenvalue weighted by Crippen LogP contribution is -2.51. The van der Waals surface area contributed by atoms with Gasteiger partial charge in [-0.25, -0.2) is 26.3 Å². The van der Waals surface area contributed by atoms with Gasteiger partial charge >= 0.3 is 0 Å². The second-order valence-corrected chi connectivity index (χ2v) is 10.00. The number of aromatic amines is 1. The summed E-state index contributed by atoms with van der Waals surface area (Å²) < 4.78 is 66.7. The first-order valence-corrected chi connectivity index (χ1v) is 11.9. The first kappa shape index (κ1) is 22.3. The number of hydrogen-bond donors (Lipinski definition) is 3. The zero-order chi connectivity index (χ0) is 23.2. The topological polar surface area (TPSA) is 91.1 Å². The highest BCUT2D eigenvalue weighted by Gasteiger charge is 2.36. The normalized spacial score (nSPS) is 19.5. The maximum atomic E-state index is 14.4. The molecule has 3 aromatic rings. The van der Waals surface area contributed by atoms with Gasteiger partial charge in [0.1, 0.15) is 17.5 Å². The molecule has 1 aliphatic rings. The minimum atomic E-state index is -3.52. The van der Waals surface area contributed by atoms with Gasteiger partial charge in [0.2, 0.25) is 15.9 Å². The van der Waals surface area contributed by atoms with Crippen molar-refractivity contribution in [3.05, 3.63) is 59.4 Å². The Kier molecular flexibility index (Phi) is 5.76. The molecule has 0 bridgehead atoms. The molecule has 10 heteroatoms. The first-order valence-electron chi connectivity index (χ1n) is 10.1. The number of carbonyl (C=O) groups is 1. The van der Waals surface area contributed by atoms with Gasteiger partial charge in [0.25, 0.3) is 0 Å². The van der Waals surface area contributed by atoms with Crippen LogP contribution in [0.5, 0.6) is 0 Å². The van der Waals surface area contributed by atoms with Crippen LogP contribution in [0.2, 0.25) is 0 Å². The SMILES string of the molecule is CC(NS(C)(=O)=O)C(=O)N[C@H]1C[C@@H](c2c(-c3ccc(F)cc3)[nH]c3c(F)cc(F)cc32)C1. The minimum Gasteiger partial charge on any atom is -0.352 e. The van der Waals surface area contributed by atoms with E-state index in [0.717, 1.165) is 12.3 Å². The van der Waals surface area contributed by atoms with Crippen molar-refractivity contribution in [1.29, 1.82) is 0 Å². The molecule has 0 spiro atoms. The predicted octanol–water partition coefficient (Wildman–Crippen LogP) is 3.55. The van der Waals surface area contributed by atoms with Gasteiger partial charge in [0, 0.05) is 17.5 Å². The Hall–Kier alpha value is -2.85. The summed E-state index contributed by atoms with van der Waals surface area (Å²) in [5.41, 5.74) is 2.08. The fourth-order valence-electron chi connectivity index (χ4n) is 4.18. The molecule has 32 heavy (non-hydrogen) atoms. The van der Waals surface area contributed by atoms with Gasteiger partial charge in [-0.15, -0.1) is 0 Å². The summed E-state index contributed by atoms with van der Waals surface area (Å²) in [6, 6.07) is 6.65. The molecule has 1 fully saturated rings. The second-order valence-electron chi connectivity index (χ2n) is 8.22. The third-order valence-electron chi connectivity index (χ3n) is 5.67. The van der Waals surface area contributed by atoms with Gasteiger partial charge in [-0.3, -0.25) is 4.79 Å². The monoisotopic (exact) mass is 465 g/mol. The smallest absolute Gasteiger partial charge is 0.238 e. The highest BCUT2D eigenvalue weighted by molar-refractivity contribution is 7.88. The zero-order valence-corrected chi connectivity index (χ0v) is 18.2. The highest BCUT2D eigenvalue weighted by atomic mass is 32.2. The van der Waals surface area contributed by atoms with Crippen LogP contribution >= 0.6 is 0 Å². The number of amides is 1. The van der Waals surface area contributed by atoms with E-state index in [9.17, 15) is 26.4 Å². The Labute approximate surface area is 183 Å². The van der Waals surface area contributed by atoms with Gasteiger partial charge < -0.3 is 10.3 Å². The summed E-state index contributed by atoms with van der Waals surface area (Å²) in [5, 5.41) is 3.20. The van der Waals surface area contributed by atoms with Crippen molar-refractivity contribution >= 4 is 26.8 Å². The van der Waals surface area contributed by atoms with E-state index in [2.05, 4.69) is 15.0 Å². The van der Waals surface area contributed by atoms with Gasteiger partial charge in [-0.1, -0.05) is 0 Å². The van der Waals surface area contributed by atoms with Crippen molar-refractivity contribution in [3.8, 4) is 11.3 Å². The quantitative estimate of drug-likeness (QED) is 0.520. The lowest BCUT2D eigenvalue weighted by Gasteiger charge is -2.37. The standard InChI is InChI=1S/C22H22F3N3O3S/c1-11(28-32(2,30)31)22(29)26-16-7-13(8-16)19-17-9-15(24)10-18(25)21(17)27-20(19)12-3-5-14(23)6-4-12/h3-6,9-11,13,16,27-28H,7-8H2,1-2H3,(H,26,29)/t11?,13-,16+. The molecular weight excluding hydrogens is 443 g/mol. The predicted molar refractivity (Wildman–Crippen MR) is 115 cm³/mol.